The van der Waals surface area contributed by atoms with Crippen molar-refractivity contribution < 1.29 is 14.7 Å². The van der Waals surface area contributed by atoms with Gasteiger partial charge in [-0.1, -0.05) is 6.42 Å². The molecule has 0 aliphatic rings. The molecule has 4 nitrogen and oxygen atoms in total. The highest BCUT2D eigenvalue weighted by Gasteiger charge is 1.97. The maximum absolute atomic E-state index is 10.1. The number of rotatable bonds is 7. The molecule has 0 saturated carbocycles. The molecule has 0 bridgehead atoms. The molecule has 4 heteroatoms. The van der Waals surface area contributed by atoms with Gasteiger partial charge in [-0.15, -0.1) is 0 Å². The molecule has 0 fully saturated rings. The lowest BCUT2D eigenvalue weighted by molar-refractivity contribution is -0.137. The second kappa shape index (κ2) is 6.64. The van der Waals surface area contributed by atoms with Gasteiger partial charge in [0.15, 0.2) is 0 Å². The average Bonchev–Trinajstić information content (AvgIpc) is 2.03. The van der Waals surface area contributed by atoms with E-state index in [1.54, 1.807) is 11.9 Å². The van der Waals surface area contributed by atoms with Crippen LogP contribution in [0.25, 0.3) is 0 Å². The van der Waals surface area contributed by atoms with Crippen LogP contribution in [0.5, 0.6) is 0 Å². The zero-order chi connectivity index (χ0) is 9.40. The number of carbonyl (C=O) groups excluding carboxylic acids is 1. The highest BCUT2D eigenvalue weighted by atomic mass is 16.4. The van der Waals surface area contributed by atoms with Crippen molar-refractivity contribution in [1.29, 1.82) is 0 Å². The van der Waals surface area contributed by atoms with Crippen LogP contribution in [0.3, 0.4) is 0 Å². The smallest absolute Gasteiger partial charge is 0.303 e. The molecule has 0 aliphatic heterocycles. The van der Waals surface area contributed by atoms with Crippen LogP contribution in [0.4, 0.5) is 0 Å². The molecule has 0 heterocycles. The van der Waals surface area contributed by atoms with Crippen LogP contribution in [-0.2, 0) is 9.59 Å². The first kappa shape index (κ1) is 10.9. The summed E-state index contributed by atoms with van der Waals surface area (Å²) in [5, 5.41) is 8.30. The van der Waals surface area contributed by atoms with Gasteiger partial charge in [0, 0.05) is 20.0 Å². The summed E-state index contributed by atoms with van der Waals surface area (Å²) in [5.41, 5.74) is 0. The van der Waals surface area contributed by atoms with Crippen LogP contribution in [-0.4, -0.2) is 36.0 Å². The molecule has 0 aromatic heterocycles. The monoisotopic (exact) mass is 173 g/mol. The first-order valence-corrected chi connectivity index (χ1v) is 4.04. The Labute approximate surface area is 72.2 Å². The van der Waals surface area contributed by atoms with Crippen molar-refractivity contribution in [2.75, 3.05) is 13.6 Å². The molecule has 0 aromatic carbocycles. The van der Waals surface area contributed by atoms with Gasteiger partial charge in [-0.2, -0.15) is 0 Å². The third-order valence-electron chi connectivity index (χ3n) is 1.58. The minimum absolute atomic E-state index is 0.227. The van der Waals surface area contributed by atoms with Gasteiger partial charge in [-0.05, 0) is 12.8 Å². The van der Waals surface area contributed by atoms with Gasteiger partial charge in [-0.3, -0.25) is 9.59 Å². The number of carboxylic acid groups (broad SMARTS) is 1. The van der Waals surface area contributed by atoms with E-state index in [-0.39, 0.29) is 6.42 Å². The van der Waals surface area contributed by atoms with Crippen molar-refractivity contribution >= 4 is 12.4 Å². The van der Waals surface area contributed by atoms with Crippen molar-refractivity contribution in [3.8, 4) is 0 Å². The first-order chi connectivity index (χ1) is 5.66. The SMILES string of the molecule is CN(C=O)CCCCCC(=O)O. The van der Waals surface area contributed by atoms with E-state index in [1.165, 1.54) is 0 Å². The lowest BCUT2D eigenvalue weighted by Crippen LogP contribution is -2.16. The molecule has 12 heavy (non-hydrogen) atoms. The highest BCUT2D eigenvalue weighted by Crippen LogP contribution is 1.99. The lowest BCUT2D eigenvalue weighted by atomic mass is 10.2. The number of carboxylic acids is 1. The minimum Gasteiger partial charge on any atom is -0.481 e. The van der Waals surface area contributed by atoms with Crippen molar-refractivity contribution in [2.45, 2.75) is 25.7 Å². The Hall–Kier alpha value is -1.06. The Morgan fingerprint density at radius 3 is 2.58 bits per heavy atom. The molecular weight excluding hydrogens is 158 g/mol. The second-order valence-electron chi connectivity index (χ2n) is 2.79. The van der Waals surface area contributed by atoms with E-state index in [1.807, 2.05) is 0 Å². The predicted octanol–water partition coefficient (Wildman–Crippen LogP) is 0.720. The molecule has 1 N–H and O–H groups in total. The molecular formula is C8H15NO3. The molecule has 0 spiro atoms. The van der Waals surface area contributed by atoms with Gasteiger partial charge < -0.3 is 10.0 Å². The third kappa shape index (κ3) is 7.05. The Morgan fingerprint density at radius 1 is 1.42 bits per heavy atom. The van der Waals surface area contributed by atoms with Gasteiger partial charge >= 0.3 is 5.97 Å². The zero-order valence-corrected chi connectivity index (χ0v) is 7.32. The van der Waals surface area contributed by atoms with Gasteiger partial charge in [-0.25, -0.2) is 0 Å². The summed E-state index contributed by atoms with van der Waals surface area (Å²) < 4.78 is 0. The Balaban J connectivity index is 3.10. The number of unbranched alkanes of at least 4 members (excludes halogenated alkanes) is 2. The van der Waals surface area contributed by atoms with Crippen LogP contribution in [0.15, 0.2) is 0 Å². The quantitative estimate of drug-likeness (QED) is 0.456. The maximum Gasteiger partial charge on any atom is 0.303 e. The first-order valence-electron chi connectivity index (χ1n) is 4.04. The fourth-order valence-corrected chi connectivity index (χ4v) is 0.867. The van der Waals surface area contributed by atoms with E-state index in [0.29, 0.717) is 13.0 Å². The largest absolute Gasteiger partial charge is 0.481 e. The normalized spacial score (nSPS) is 9.42. The van der Waals surface area contributed by atoms with Crippen LogP contribution in [0.1, 0.15) is 25.7 Å². The summed E-state index contributed by atoms with van der Waals surface area (Å²) in [7, 11) is 1.71. The standard InChI is InChI=1S/C8H15NO3/c1-9(7-10)6-4-2-3-5-8(11)12/h7H,2-6H2,1H3,(H,11,12). The van der Waals surface area contributed by atoms with Gasteiger partial charge in [0.2, 0.25) is 6.41 Å². The molecule has 1 amide bonds. The van der Waals surface area contributed by atoms with Crippen LogP contribution in [0.2, 0.25) is 0 Å². The summed E-state index contributed by atoms with van der Waals surface area (Å²) in [6, 6.07) is 0. The summed E-state index contributed by atoms with van der Waals surface area (Å²) in [6.07, 6.45) is 3.44. The number of carbonyl (C=O) groups is 2. The predicted molar refractivity (Wildman–Crippen MR) is 44.8 cm³/mol. The molecule has 0 aliphatic carbocycles. The van der Waals surface area contributed by atoms with Crippen molar-refractivity contribution in [3.05, 3.63) is 0 Å². The van der Waals surface area contributed by atoms with Crippen molar-refractivity contribution in [1.82, 2.24) is 4.90 Å². The van der Waals surface area contributed by atoms with Crippen molar-refractivity contribution in [2.24, 2.45) is 0 Å². The fraction of sp³-hybridized carbons (Fsp3) is 0.750. The maximum atomic E-state index is 10.1. The molecule has 0 saturated heterocycles. The number of aliphatic carboxylic acids is 1. The van der Waals surface area contributed by atoms with E-state index in [2.05, 4.69) is 0 Å². The molecule has 70 valence electrons. The molecule has 0 radical (unpaired) electrons. The Morgan fingerprint density at radius 2 is 2.08 bits per heavy atom. The zero-order valence-electron chi connectivity index (χ0n) is 7.32. The van der Waals surface area contributed by atoms with Crippen LogP contribution in [0, 0.1) is 0 Å². The Kier molecular flexibility index (Phi) is 6.05. The topological polar surface area (TPSA) is 57.6 Å². The lowest BCUT2D eigenvalue weighted by Gasteiger charge is -2.08. The van der Waals surface area contributed by atoms with Gasteiger partial charge in [0.1, 0.15) is 0 Å². The summed E-state index contributed by atoms with van der Waals surface area (Å²) in [5.74, 6) is -0.751. The third-order valence-corrected chi connectivity index (χ3v) is 1.58. The van der Waals surface area contributed by atoms with Gasteiger partial charge in [0.25, 0.3) is 0 Å². The average molecular weight is 173 g/mol. The van der Waals surface area contributed by atoms with Crippen LogP contribution < -0.4 is 0 Å². The number of amides is 1. The minimum atomic E-state index is -0.751. The number of hydrogen-bond donors (Lipinski definition) is 1. The number of hydrogen-bond acceptors (Lipinski definition) is 2. The molecule has 0 atom stereocenters. The fourth-order valence-electron chi connectivity index (χ4n) is 0.867. The highest BCUT2D eigenvalue weighted by molar-refractivity contribution is 5.66. The van der Waals surface area contributed by atoms with E-state index in [9.17, 15) is 9.59 Å². The second-order valence-corrected chi connectivity index (χ2v) is 2.79. The van der Waals surface area contributed by atoms with Gasteiger partial charge in [0.05, 0.1) is 0 Å². The van der Waals surface area contributed by atoms with Crippen LogP contribution >= 0.6 is 0 Å². The summed E-state index contributed by atoms with van der Waals surface area (Å²) in [4.78, 5) is 21.8. The summed E-state index contributed by atoms with van der Waals surface area (Å²) in [6.45, 7) is 0.711. The van der Waals surface area contributed by atoms with E-state index in [0.717, 1.165) is 19.3 Å². The molecule has 0 unspecified atom stereocenters. The molecule has 0 rings (SSSR count). The van der Waals surface area contributed by atoms with E-state index in [4.69, 9.17) is 5.11 Å². The van der Waals surface area contributed by atoms with E-state index < -0.39 is 5.97 Å². The summed E-state index contributed by atoms with van der Waals surface area (Å²) >= 11 is 0. The Bertz CT molecular complexity index is 147. The molecule has 0 aromatic rings. The van der Waals surface area contributed by atoms with E-state index >= 15 is 0 Å². The van der Waals surface area contributed by atoms with Crippen molar-refractivity contribution in [3.63, 3.8) is 0 Å². The number of nitrogens with zero attached hydrogens (tertiary/aromatic N) is 1.